The second-order valence-corrected chi connectivity index (χ2v) is 5.76. The lowest BCUT2D eigenvalue weighted by Gasteiger charge is -2.22. The molecule has 3 rings (SSSR count). The van der Waals surface area contributed by atoms with Crippen LogP contribution in [0.5, 0.6) is 0 Å². The zero-order chi connectivity index (χ0) is 13.5. The molecule has 4 nitrogen and oxygen atoms in total. The van der Waals surface area contributed by atoms with Crippen LogP contribution in [0, 0.1) is 6.08 Å². The summed E-state index contributed by atoms with van der Waals surface area (Å²) in [6, 6.07) is 0.131. The van der Waals surface area contributed by atoms with Gasteiger partial charge in [-0.25, -0.2) is 0 Å². The van der Waals surface area contributed by atoms with Gasteiger partial charge < -0.3 is 19.9 Å². The van der Waals surface area contributed by atoms with Gasteiger partial charge in [0.15, 0.2) is 5.79 Å². The average molecular weight is 262 g/mol. The molecule has 0 unspecified atom stereocenters. The Labute approximate surface area is 113 Å². The van der Waals surface area contributed by atoms with Gasteiger partial charge in [0, 0.05) is 18.7 Å². The third kappa shape index (κ3) is 2.64. The molecule has 1 saturated heterocycles. The predicted molar refractivity (Wildman–Crippen MR) is 71.3 cm³/mol. The number of ether oxygens (including phenoxy) is 2. The number of aliphatic hydroxyl groups is 1. The standard InChI is InChI=1S/C15H20NO3/c1-15(2)18-13-11(8-12(17)14(13)19-15)16-9-10-6-4-3-5-7-10/h4-7,11-14,16-17H,8-9H2,1-2H3/q+1/t11-,12+,13+,14-/m1/s1. The minimum absolute atomic E-state index is 0.0692. The number of hydrogen-bond donors (Lipinski definition) is 2. The van der Waals surface area contributed by atoms with E-state index in [0.29, 0.717) is 6.42 Å². The summed E-state index contributed by atoms with van der Waals surface area (Å²) >= 11 is 0. The second-order valence-electron chi connectivity index (χ2n) is 5.76. The first-order valence-electron chi connectivity index (χ1n) is 6.77. The molecule has 4 heteroatoms. The van der Waals surface area contributed by atoms with Crippen LogP contribution >= 0.6 is 0 Å². The van der Waals surface area contributed by atoms with Crippen LogP contribution in [0.25, 0.3) is 0 Å². The molecule has 4 atom stereocenters. The minimum Gasteiger partial charge on any atom is -0.390 e. The second kappa shape index (κ2) is 4.82. The maximum absolute atomic E-state index is 10.0. The molecule has 102 valence electrons. The molecule has 19 heavy (non-hydrogen) atoms. The van der Waals surface area contributed by atoms with E-state index in [9.17, 15) is 5.11 Å². The van der Waals surface area contributed by atoms with Crippen LogP contribution < -0.4 is 5.32 Å². The minimum atomic E-state index is -0.599. The molecule has 1 saturated carbocycles. The van der Waals surface area contributed by atoms with Gasteiger partial charge in [0.1, 0.15) is 24.4 Å². The SMILES string of the molecule is CC1(C)O[C@@H]2[C@H](O1)[C@@H](O)C[C@H]2NCC1=CC=[C+]C=C1. The third-order valence-electron chi connectivity index (χ3n) is 3.79. The summed E-state index contributed by atoms with van der Waals surface area (Å²) in [5, 5.41) is 13.5. The van der Waals surface area contributed by atoms with Gasteiger partial charge in [0.25, 0.3) is 0 Å². The Morgan fingerprint density at radius 3 is 2.95 bits per heavy atom. The molecule has 2 fully saturated rings. The highest BCUT2D eigenvalue weighted by molar-refractivity contribution is 5.30. The molecule has 1 heterocycles. The van der Waals surface area contributed by atoms with E-state index in [-0.39, 0.29) is 18.2 Å². The molecule has 0 spiro atoms. The first kappa shape index (κ1) is 13.0. The lowest BCUT2D eigenvalue weighted by atomic mass is 10.1. The quantitative estimate of drug-likeness (QED) is 0.747. The van der Waals surface area contributed by atoms with E-state index in [2.05, 4.69) is 11.4 Å². The van der Waals surface area contributed by atoms with Crippen molar-refractivity contribution in [2.75, 3.05) is 6.54 Å². The molecular formula is C15H20NO3+. The van der Waals surface area contributed by atoms with Crippen LogP contribution in [0.3, 0.4) is 0 Å². The van der Waals surface area contributed by atoms with Gasteiger partial charge in [-0.2, -0.15) is 0 Å². The molecule has 2 N–H and O–H groups in total. The number of aliphatic hydroxyl groups excluding tert-OH is 1. The van der Waals surface area contributed by atoms with Crippen molar-refractivity contribution in [3.05, 3.63) is 36.0 Å². The predicted octanol–water partition coefficient (Wildman–Crippen LogP) is 1.08. The summed E-state index contributed by atoms with van der Waals surface area (Å²) in [6.07, 6.45) is 10.8. The maximum Gasteiger partial charge on any atom is 0.163 e. The normalized spacial score (nSPS) is 39.0. The Morgan fingerprint density at radius 2 is 2.21 bits per heavy atom. The van der Waals surface area contributed by atoms with E-state index in [1.807, 2.05) is 38.2 Å². The molecule has 2 aliphatic carbocycles. The van der Waals surface area contributed by atoms with Crippen molar-refractivity contribution in [3.63, 3.8) is 0 Å². The topological polar surface area (TPSA) is 50.7 Å². The lowest BCUT2D eigenvalue weighted by molar-refractivity contribution is -0.164. The van der Waals surface area contributed by atoms with Gasteiger partial charge in [-0.05, 0) is 20.3 Å². The maximum atomic E-state index is 10.0. The number of allylic oxidation sites excluding steroid dienone is 4. The molecule has 0 radical (unpaired) electrons. The van der Waals surface area contributed by atoms with Crippen LogP contribution in [0.1, 0.15) is 20.3 Å². The van der Waals surface area contributed by atoms with Crippen LogP contribution in [0.2, 0.25) is 0 Å². The average Bonchev–Trinajstić information content (AvgIpc) is 2.84. The Balaban J connectivity index is 1.61. The third-order valence-corrected chi connectivity index (χ3v) is 3.79. The van der Waals surface area contributed by atoms with E-state index in [0.717, 1.165) is 6.54 Å². The Bertz CT molecular complexity index is 439. The summed E-state index contributed by atoms with van der Waals surface area (Å²) in [4.78, 5) is 0. The van der Waals surface area contributed by atoms with Crippen LogP contribution in [0.4, 0.5) is 0 Å². The Kier molecular flexibility index (Phi) is 3.29. The van der Waals surface area contributed by atoms with E-state index in [1.54, 1.807) is 0 Å². The Morgan fingerprint density at radius 1 is 1.42 bits per heavy atom. The van der Waals surface area contributed by atoms with Crippen molar-refractivity contribution in [2.45, 2.75) is 50.4 Å². The number of fused-ring (bicyclic) bond motifs is 1. The summed E-state index contributed by atoms with van der Waals surface area (Å²) in [7, 11) is 0. The van der Waals surface area contributed by atoms with E-state index >= 15 is 0 Å². The Hall–Kier alpha value is -1.03. The van der Waals surface area contributed by atoms with Crippen molar-refractivity contribution in [1.29, 1.82) is 0 Å². The van der Waals surface area contributed by atoms with Gasteiger partial charge in [-0.3, -0.25) is 0 Å². The fourth-order valence-electron chi connectivity index (χ4n) is 2.94. The van der Waals surface area contributed by atoms with Crippen LogP contribution in [-0.4, -0.2) is 41.8 Å². The number of rotatable bonds is 3. The summed E-state index contributed by atoms with van der Waals surface area (Å²) in [5.41, 5.74) is 1.20. The highest BCUT2D eigenvalue weighted by atomic mass is 16.8. The first-order valence-corrected chi connectivity index (χ1v) is 6.77. The van der Waals surface area contributed by atoms with Crippen molar-refractivity contribution in [2.24, 2.45) is 0 Å². The largest absolute Gasteiger partial charge is 0.390 e. The van der Waals surface area contributed by atoms with Crippen LogP contribution in [0.15, 0.2) is 29.9 Å². The summed E-state index contributed by atoms with van der Waals surface area (Å²) < 4.78 is 11.6. The molecule has 0 aromatic heterocycles. The molecule has 1 aliphatic heterocycles. The summed E-state index contributed by atoms with van der Waals surface area (Å²) in [5.74, 6) is -0.599. The van der Waals surface area contributed by atoms with Crippen molar-refractivity contribution >= 4 is 0 Å². The molecule has 0 aromatic rings. The fraction of sp³-hybridized carbons (Fsp3) is 0.600. The van der Waals surface area contributed by atoms with Gasteiger partial charge in [0.05, 0.1) is 23.8 Å². The van der Waals surface area contributed by atoms with E-state index < -0.39 is 11.9 Å². The van der Waals surface area contributed by atoms with Gasteiger partial charge in [0.2, 0.25) is 0 Å². The molecule has 0 aromatic carbocycles. The van der Waals surface area contributed by atoms with Crippen molar-refractivity contribution < 1.29 is 14.6 Å². The lowest BCUT2D eigenvalue weighted by Crippen LogP contribution is -2.40. The zero-order valence-electron chi connectivity index (χ0n) is 11.3. The van der Waals surface area contributed by atoms with Crippen molar-refractivity contribution in [1.82, 2.24) is 5.32 Å². The van der Waals surface area contributed by atoms with Crippen molar-refractivity contribution in [3.8, 4) is 0 Å². The molecule has 0 bridgehead atoms. The van der Waals surface area contributed by atoms with Crippen LogP contribution in [-0.2, 0) is 9.47 Å². The van der Waals surface area contributed by atoms with Gasteiger partial charge in [-0.1, -0.05) is 0 Å². The smallest absolute Gasteiger partial charge is 0.163 e. The fourth-order valence-corrected chi connectivity index (χ4v) is 2.94. The zero-order valence-corrected chi connectivity index (χ0v) is 11.3. The van der Waals surface area contributed by atoms with Gasteiger partial charge >= 0.3 is 0 Å². The van der Waals surface area contributed by atoms with Gasteiger partial charge in [-0.15, -0.1) is 0 Å². The van der Waals surface area contributed by atoms with E-state index in [1.165, 1.54) is 5.57 Å². The molecule has 3 aliphatic rings. The number of nitrogens with one attached hydrogen (secondary N) is 1. The highest BCUT2D eigenvalue weighted by Crippen LogP contribution is 2.38. The summed E-state index contributed by atoms with van der Waals surface area (Å²) in [6.45, 7) is 4.54. The van der Waals surface area contributed by atoms with E-state index in [4.69, 9.17) is 9.47 Å². The molecular weight excluding hydrogens is 242 g/mol. The molecule has 0 amide bonds. The first-order chi connectivity index (χ1) is 9.05. The monoisotopic (exact) mass is 262 g/mol. The number of hydrogen-bond acceptors (Lipinski definition) is 4. The highest BCUT2D eigenvalue weighted by Gasteiger charge is 2.53.